The topological polar surface area (TPSA) is 102 Å². The molecular weight excluding hydrogens is 558 g/mol. The molecule has 2 atom stereocenters. The Morgan fingerprint density at radius 2 is 1.20 bits per heavy atom. The second-order valence-electron chi connectivity index (χ2n) is 12.4. The fourth-order valence-electron chi connectivity index (χ4n) is 4.55. The Hall–Kier alpha value is -2.45. The number of allylic oxidation sites excluding steroid dienone is 6. The minimum Gasteiger partial charge on any atom is -0.544 e. The summed E-state index contributed by atoms with van der Waals surface area (Å²) in [4.78, 5) is 36.3. The molecule has 0 saturated carbocycles. The number of carbonyl (C=O) groups is 3. The smallest absolute Gasteiger partial charge is 0.306 e. The third-order valence-corrected chi connectivity index (χ3v) is 7.28. The number of quaternary nitrogens is 1. The monoisotopic (exact) mass is 621 g/mol. The van der Waals surface area contributed by atoms with Crippen LogP contribution in [-0.4, -0.2) is 75.5 Å². The largest absolute Gasteiger partial charge is 0.544 e. The fraction of sp³-hybridized carbons (Fsp3) is 0.750. The lowest BCUT2D eigenvalue weighted by Crippen LogP contribution is -2.55. The van der Waals surface area contributed by atoms with Gasteiger partial charge in [0.05, 0.1) is 40.3 Å². The van der Waals surface area contributed by atoms with Crippen molar-refractivity contribution in [2.24, 2.45) is 0 Å². The zero-order chi connectivity index (χ0) is 32.9. The Morgan fingerprint density at radius 1 is 0.682 bits per heavy atom. The van der Waals surface area contributed by atoms with Gasteiger partial charge in [-0.2, -0.15) is 0 Å². The molecule has 0 aliphatic carbocycles. The van der Waals surface area contributed by atoms with Crippen molar-refractivity contribution in [1.29, 1.82) is 0 Å². The van der Waals surface area contributed by atoms with Gasteiger partial charge in [-0.05, 0) is 44.9 Å². The Kier molecular flexibility index (Phi) is 26.5. The fourth-order valence-corrected chi connectivity index (χ4v) is 4.55. The summed E-state index contributed by atoms with van der Waals surface area (Å²) in [7, 11) is 5.35. The number of rotatable bonds is 29. The number of nitrogens with zero attached hydrogens (tertiary/aromatic N) is 1. The summed E-state index contributed by atoms with van der Waals surface area (Å²) in [5.74, 6) is -1.90. The summed E-state index contributed by atoms with van der Waals surface area (Å²) in [6.07, 6.45) is 27.9. The molecule has 0 bridgehead atoms. The maximum absolute atomic E-state index is 12.5. The van der Waals surface area contributed by atoms with Gasteiger partial charge in [0, 0.05) is 19.3 Å². The highest BCUT2D eigenvalue weighted by atomic mass is 16.6. The highest BCUT2D eigenvalue weighted by Crippen LogP contribution is 2.10. The lowest BCUT2D eigenvalue weighted by molar-refractivity contribution is -0.889. The van der Waals surface area contributed by atoms with Crippen molar-refractivity contribution in [1.82, 2.24) is 0 Å². The van der Waals surface area contributed by atoms with E-state index in [1.54, 1.807) is 21.1 Å². The van der Waals surface area contributed by atoms with Gasteiger partial charge in [-0.3, -0.25) is 9.59 Å². The van der Waals surface area contributed by atoms with Gasteiger partial charge in [0.15, 0.2) is 6.10 Å². The van der Waals surface area contributed by atoms with Crippen LogP contribution in [0.1, 0.15) is 123 Å². The first-order chi connectivity index (χ1) is 21.1. The van der Waals surface area contributed by atoms with Crippen LogP contribution in [0.3, 0.4) is 0 Å². The summed E-state index contributed by atoms with van der Waals surface area (Å²) < 4.78 is 16.8. The molecule has 0 heterocycles. The number of carboxylic acids is 1. The first-order valence-corrected chi connectivity index (χ1v) is 17.0. The number of esters is 2. The minimum absolute atomic E-state index is 0.00645. The Morgan fingerprint density at radius 3 is 1.84 bits per heavy atom. The van der Waals surface area contributed by atoms with Crippen LogP contribution in [-0.2, 0) is 28.6 Å². The zero-order valence-corrected chi connectivity index (χ0v) is 28.6. The van der Waals surface area contributed by atoms with Crippen LogP contribution in [0.4, 0.5) is 0 Å². The molecule has 0 saturated heterocycles. The molecule has 44 heavy (non-hydrogen) atoms. The average Bonchev–Trinajstić information content (AvgIpc) is 2.96. The molecule has 0 spiro atoms. The first kappa shape index (κ1) is 41.5. The standard InChI is InChI=1S/C36H63NO7/c1-6-8-10-12-14-15-16-17-18-19-21-23-25-27-35(39)44-32(30-42-29-28-33(36(40)41)37(3,4)5)31-43-34(38)26-24-22-20-13-11-9-7-2/h17-18,20-23,32-33H,6-16,19,24-31H2,1-5H3/b18-17+,22-20+,23-21+. The maximum Gasteiger partial charge on any atom is 0.306 e. The number of ether oxygens (including phenoxy) is 3. The van der Waals surface area contributed by atoms with E-state index in [9.17, 15) is 19.5 Å². The van der Waals surface area contributed by atoms with Crippen LogP contribution in [0.15, 0.2) is 36.5 Å². The van der Waals surface area contributed by atoms with Gasteiger partial charge >= 0.3 is 11.9 Å². The second-order valence-corrected chi connectivity index (χ2v) is 12.4. The molecule has 0 N–H and O–H groups in total. The van der Waals surface area contributed by atoms with Gasteiger partial charge in [-0.1, -0.05) is 95.2 Å². The molecule has 0 aromatic carbocycles. The van der Waals surface area contributed by atoms with Crippen LogP contribution in [0, 0.1) is 0 Å². The van der Waals surface area contributed by atoms with Crippen LogP contribution < -0.4 is 5.11 Å². The summed E-state index contributed by atoms with van der Waals surface area (Å²) >= 11 is 0. The number of hydrogen-bond acceptors (Lipinski definition) is 7. The third-order valence-electron chi connectivity index (χ3n) is 7.28. The van der Waals surface area contributed by atoms with E-state index in [4.69, 9.17) is 14.2 Å². The van der Waals surface area contributed by atoms with Gasteiger partial charge < -0.3 is 28.6 Å². The van der Waals surface area contributed by atoms with Crippen molar-refractivity contribution in [3.63, 3.8) is 0 Å². The van der Waals surface area contributed by atoms with E-state index in [0.717, 1.165) is 25.7 Å². The van der Waals surface area contributed by atoms with Crippen molar-refractivity contribution in [2.45, 2.75) is 135 Å². The first-order valence-electron chi connectivity index (χ1n) is 17.0. The molecule has 0 rings (SSSR count). The number of carboxylic acid groups (broad SMARTS) is 1. The maximum atomic E-state index is 12.5. The molecule has 0 radical (unpaired) electrons. The van der Waals surface area contributed by atoms with E-state index in [1.165, 1.54) is 51.4 Å². The van der Waals surface area contributed by atoms with Crippen molar-refractivity contribution >= 4 is 17.9 Å². The van der Waals surface area contributed by atoms with Crippen molar-refractivity contribution in [2.75, 3.05) is 41.0 Å². The second kappa shape index (κ2) is 28.1. The predicted octanol–water partition coefficient (Wildman–Crippen LogP) is 6.62. The van der Waals surface area contributed by atoms with Crippen molar-refractivity contribution < 1.29 is 38.2 Å². The molecule has 0 aliphatic rings. The molecule has 0 aliphatic heterocycles. The third kappa shape index (κ3) is 26.0. The van der Waals surface area contributed by atoms with Crippen LogP contribution in [0.2, 0.25) is 0 Å². The number of unbranched alkanes of at least 4 members (excludes halogenated alkanes) is 9. The summed E-state index contributed by atoms with van der Waals surface area (Å²) in [5.41, 5.74) is 0. The zero-order valence-electron chi connectivity index (χ0n) is 28.6. The Bertz CT molecular complexity index is 829. The number of aliphatic carboxylic acids is 1. The molecular formula is C36H63NO7. The van der Waals surface area contributed by atoms with Crippen LogP contribution >= 0.6 is 0 Å². The van der Waals surface area contributed by atoms with Gasteiger partial charge in [-0.25, -0.2) is 0 Å². The van der Waals surface area contributed by atoms with Crippen molar-refractivity contribution in [3.05, 3.63) is 36.5 Å². The van der Waals surface area contributed by atoms with Gasteiger partial charge in [-0.15, -0.1) is 0 Å². The van der Waals surface area contributed by atoms with E-state index in [-0.39, 0.29) is 49.5 Å². The van der Waals surface area contributed by atoms with Crippen molar-refractivity contribution in [3.8, 4) is 0 Å². The van der Waals surface area contributed by atoms with E-state index >= 15 is 0 Å². The SMILES string of the molecule is CCCCC/C=C/CCC(=O)OCC(COCCC(C(=O)[O-])[N+](C)(C)C)OC(=O)CC/C=C/C/C=C/CCCCCCCC. The lowest BCUT2D eigenvalue weighted by Gasteiger charge is -2.34. The molecule has 0 aromatic rings. The molecule has 8 heteroatoms. The van der Waals surface area contributed by atoms with Gasteiger partial charge in [0.25, 0.3) is 0 Å². The molecule has 0 amide bonds. The molecule has 0 aromatic heterocycles. The van der Waals surface area contributed by atoms with Crippen LogP contribution in [0.5, 0.6) is 0 Å². The molecule has 2 unspecified atom stereocenters. The quantitative estimate of drug-likeness (QED) is 0.0400. The van der Waals surface area contributed by atoms with E-state index in [0.29, 0.717) is 12.8 Å². The Labute approximate surface area is 268 Å². The van der Waals surface area contributed by atoms with Crippen LogP contribution in [0.25, 0.3) is 0 Å². The van der Waals surface area contributed by atoms with E-state index < -0.39 is 24.1 Å². The normalized spacial score (nSPS) is 13.6. The predicted molar refractivity (Wildman–Crippen MR) is 176 cm³/mol. The summed E-state index contributed by atoms with van der Waals surface area (Å²) in [6, 6.07) is -0.735. The minimum atomic E-state index is -1.14. The number of hydrogen-bond donors (Lipinski definition) is 0. The molecule has 8 nitrogen and oxygen atoms in total. The molecule has 254 valence electrons. The van der Waals surface area contributed by atoms with E-state index in [1.807, 2.05) is 18.2 Å². The summed E-state index contributed by atoms with van der Waals surface area (Å²) in [6.45, 7) is 4.44. The van der Waals surface area contributed by atoms with E-state index in [2.05, 4.69) is 32.1 Å². The molecule has 0 fully saturated rings. The van der Waals surface area contributed by atoms with Gasteiger partial charge in [0.2, 0.25) is 0 Å². The lowest BCUT2D eigenvalue weighted by atomic mass is 10.1. The summed E-state index contributed by atoms with van der Waals surface area (Å²) in [5, 5.41) is 11.5. The Balaban J connectivity index is 4.60. The highest BCUT2D eigenvalue weighted by Gasteiger charge is 2.25. The number of likely N-dealkylation sites (N-methyl/N-ethyl adjacent to an activating group) is 1. The highest BCUT2D eigenvalue weighted by molar-refractivity contribution is 5.70. The number of carbonyl (C=O) groups excluding carboxylic acids is 3. The van der Waals surface area contributed by atoms with Gasteiger partial charge in [0.1, 0.15) is 12.6 Å². The average molecular weight is 622 g/mol.